The normalized spacial score (nSPS) is 26.9. The number of rotatable bonds is 6. The molecule has 0 N–H and O–H groups in total. The van der Waals surface area contributed by atoms with Crippen LogP contribution in [-0.2, 0) is 9.53 Å². The predicted molar refractivity (Wildman–Crippen MR) is 61.9 cm³/mol. The van der Waals surface area contributed by atoms with Crippen LogP contribution >= 0.6 is 0 Å². The van der Waals surface area contributed by atoms with Crippen molar-refractivity contribution in [2.75, 3.05) is 13.2 Å². The Labute approximate surface area is 93.4 Å². The number of carbonyl (C=O) groups is 1. The molecule has 2 heteroatoms. The predicted octanol–water partition coefficient (Wildman–Crippen LogP) is 3.20. The molecule has 0 aromatic rings. The van der Waals surface area contributed by atoms with E-state index in [1.165, 1.54) is 6.42 Å². The van der Waals surface area contributed by atoms with Gasteiger partial charge in [0.15, 0.2) is 0 Å². The van der Waals surface area contributed by atoms with E-state index >= 15 is 0 Å². The number of hydrogen-bond acceptors (Lipinski definition) is 2. The molecule has 0 radical (unpaired) electrons. The van der Waals surface area contributed by atoms with Crippen molar-refractivity contribution in [3.05, 3.63) is 0 Å². The highest BCUT2D eigenvalue weighted by molar-refractivity contribution is 5.81. The summed E-state index contributed by atoms with van der Waals surface area (Å²) in [6.45, 7) is 5.85. The van der Waals surface area contributed by atoms with Gasteiger partial charge in [0, 0.05) is 25.6 Å². The van der Waals surface area contributed by atoms with Crippen LogP contribution in [0.4, 0.5) is 0 Å². The topological polar surface area (TPSA) is 26.3 Å². The monoisotopic (exact) mass is 212 g/mol. The first-order valence-electron chi connectivity index (χ1n) is 6.38. The zero-order chi connectivity index (χ0) is 11.1. The maximum Gasteiger partial charge on any atom is 0.135 e. The first kappa shape index (κ1) is 12.7. The van der Waals surface area contributed by atoms with Crippen molar-refractivity contribution in [2.45, 2.75) is 52.4 Å². The standard InChI is InChI=1S/C13H24O2/c1-3-11-7-8-13(14)12(10-11)6-5-9-15-4-2/h11-12H,3-10H2,1-2H3. The molecule has 2 unspecified atom stereocenters. The molecule has 15 heavy (non-hydrogen) atoms. The first-order chi connectivity index (χ1) is 7.27. The Morgan fingerprint density at radius 2 is 2.20 bits per heavy atom. The van der Waals surface area contributed by atoms with Crippen molar-refractivity contribution in [1.82, 2.24) is 0 Å². The average Bonchev–Trinajstić information content (AvgIpc) is 2.26. The minimum atomic E-state index is 0.337. The second-order valence-electron chi connectivity index (χ2n) is 4.55. The summed E-state index contributed by atoms with van der Waals surface area (Å²) in [6.07, 6.45) is 6.38. The molecule has 0 aromatic heterocycles. The van der Waals surface area contributed by atoms with Crippen molar-refractivity contribution in [1.29, 1.82) is 0 Å². The zero-order valence-electron chi connectivity index (χ0n) is 10.1. The largest absolute Gasteiger partial charge is 0.382 e. The van der Waals surface area contributed by atoms with Crippen LogP contribution < -0.4 is 0 Å². The first-order valence-corrected chi connectivity index (χ1v) is 6.38. The fourth-order valence-electron chi connectivity index (χ4n) is 2.43. The summed E-state index contributed by atoms with van der Waals surface area (Å²) in [5.41, 5.74) is 0. The van der Waals surface area contributed by atoms with Gasteiger partial charge in [-0.2, -0.15) is 0 Å². The van der Waals surface area contributed by atoms with Gasteiger partial charge in [-0.25, -0.2) is 0 Å². The fourth-order valence-corrected chi connectivity index (χ4v) is 2.43. The molecule has 2 atom stereocenters. The Balaban J connectivity index is 2.22. The average molecular weight is 212 g/mol. The van der Waals surface area contributed by atoms with Crippen molar-refractivity contribution >= 4 is 5.78 Å². The Hall–Kier alpha value is -0.370. The van der Waals surface area contributed by atoms with Gasteiger partial charge in [0.25, 0.3) is 0 Å². The third-order valence-electron chi connectivity index (χ3n) is 3.49. The van der Waals surface area contributed by atoms with Gasteiger partial charge in [-0.05, 0) is 38.5 Å². The molecule has 1 aliphatic carbocycles. The number of carbonyl (C=O) groups excluding carboxylic acids is 1. The Morgan fingerprint density at radius 3 is 2.87 bits per heavy atom. The molecule has 0 aromatic carbocycles. The van der Waals surface area contributed by atoms with E-state index in [4.69, 9.17) is 4.74 Å². The van der Waals surface area contributed by atoms with E-state index in [0.29, 0.717) is 11.7 Å². The second-order valence-corrected chi connectivity index (χ2v) is 4.55. The smallest absolute Gasteiger partial charge is 0.135 e. The molecule has 0 aliphatic heterocycles. The lowest BCUT2D eigenvalue weighted by molar-refractivity contribution is -0.126. The summed E-state index contributed by atoms with van der Waals surface area (Å²) in [5, 5.41) is 0. The Morgan fingerprint density at radius 1 is 1.40 bits per heavy atom. The molecular formula is C13H24O2. The van der Waals surface area contributed by atoms with Gasteiger partial charge >= 0.3 is 0 Å². The van der Waals surface area contributed by atoms with Crippen LogP contribution in [0.3, 0.4) is 0 Å². The van der Waals surface area contributed by atoms with Crippen molar-refractivity contribution in [3.63, 3.8) is 0 Å². The molecule has 88 valence electrons. The summed E-state index contributed by atoms with van der Waals surface area (Å²) < 4.78 is 5.30. The van der Waals surface area contributed by atoms with Crippen molar-refractivity contribution in [3.8, 4) is 0 Å². The third-order valence-corrected chi connectivity index (χ3v) is 3.49. The lowest BCUT2D eigenvalue weighted by atomic mass is 9.77. The Kier molecular flexibility index (Phi) is 5.92. The summed E-state index contributed by atoms with van der Waals surface area (Å²) >= 11 is 0. The molecule has 2 nitrogen and oxygen atoms in total. The molecule has 0 spiro atoms. The van der Waals surface area contributed by atoms with Gasteiger partial charge in [0.05, 0.1) is 0 Å². The molecule has 1 aliphatic rings. The highest BCUT2D eigenvalue weighted by atomic mass is 16.5. The molecule has 1 saturated carbocycles. The van der Waals surface area contributed by atoms with Gasteiger partial charge in [0.1, 0.15) is 5.78 Å². The van der Waals surface area contributed by atoms with E-state index in [1.54, 1.807) is 0 Å². The quantitative estimate of drug-likeness (QED) is 0.632. The maximum atomic E-state index is 11.7. The van der Waals surface area contributed by atoms with Crippen LogP contribution in [0.1, 0.15) is 52.4 Å². The maximum absolute atomic E-state index is 11.7. The molecular weight excluding hydrogens is 188 g/mol. The minimum Gasteiger partial charge on any atom is -0.382 e. The van der Waals surface area contributed by atoms with E-state index in [1.807, 2.05) is 6.92 Å². The SMILES string of the molecule is CCOCCCC1CC(CC)CCC1=O. The summed E-state index contributed by atoms with van der Waals surface area (Å²) in [5.74, 6) is 1.63. The zero-order valence-corrected chi connectivity index (χ0v) is 10.1. The molecule has 0 heterocycles. The summed E-state index contributed by atoms with van der Waals surface area (Å²) in [6, 6.07) is 0. The van der Waals surface area contributed by atoms with Gasteiger partial charge in [0.2, 0.25) is 0 Å². The van der Waals surface area contributed by atoms with Crippen LogP contribution in [-0.4, -0.2) is 19.0 Å². The number of hydrogen-bond donors (Lipinski definition) is 0. The van der Waals surface area contributed by atoms with Gasteiger partial charge in [-0.1, -0.05) is 13.3 Å². The van der Waals surface area contributed by atoms with Crippen molar-refractivity contribution < 1.29 is 9.53 Å². The van der Waals surface area contributed by atoms with Crippen LogP contribution in [0.5, 0.6) is 0 Å². The molecule has 1 rings (SSSR count). The number of ether oxygens (including phenoxy) is 1. The van der Waals surface area contributed by atoms with Crippen LogP contribution in [0.25, 0.3) is 0 Å². The van der Waals surface area contributed by atoms with E-state index < -0.39 is 0 Å². The highest BCUT2D eigenvalue weighted by Gasteiger charge is 2.26. The number of ketones is 1. The van der Waals surface area contributed by atoms with Gasteiger partial charge in [-0.15, -0.1) is 0 Å². The minimum absolute atomic E-state index is 0.337. The summed E-state index contributed by atoms with van der Waals surface area (Å²) in [4.78, 5) is 11.7. The van der Waals surface area contributed by atoms with E-state index in [0.717, 1.165) is 51.2 Å². The number of Topliss-reactive ketones (excluding diaryl/α,β-unsaturated/α-hetero) is 1. The molecule has 0 saturated heterocycles. The van der Waals surface area contributed by atoms with Crippen LogP contribution in [0, 0.1) is 11.8 Å². The van der Waals surface area contributed by atoms with Crippen molar-refractivity contribution in [2.24, 2.45) is 11.8 Å². The Bertz CT molecular complexity index is 189. The molecule has 0 bridgehead atoms. The molecule has 1 fully saturated rings. The van der Waals surface area contributed by atoms with E-state index in [9.17, 15) is 4.79 Å². The van der Waals surface area contributed by atoms with Gasteiger partial charge < -0.3 is 4.74 Å². The van der Waals surface area contributed by atoms with Crippen LogP contribution in [0.15, 0.2) is 0 Å². The highest BCUT2D eigenvalue weighted by Crippen LogP contribution is 2.31. The van der Waals surface area contributed by atoms with Gasteiger partial charge in [-0.3, -0.25) is 4.79 Å². The summed E-state index contributed by atoms with van der Waals surface area (Å²) in [7, 11) is 0. The molecule has 0 amide bonds. The lowest BCUT2D eigenvalue weighted by Gasteiger charge is -2.27. The second kappa shape index (κ2) is 7.00. The van der Waals surface area contributed by atoms with E-state index in [-0.39, 0.29) is 0 Å². The lowest BCUT2D eigenvalue weighted by Crippen LogP contribution is -2.24. The van der Waals surface area contributed by atoms with E-state index in [2.05, 4.69) is 6.92 Å². The fraction of sp³-hybridized carbons (Fsp3) is 0.923. The third kappa shape index (κ3) is 4.33. The van der Waals surface area contributed by atoms with Crippen LogP contribution in [0.2, 0.25) is 0 Å².